The average Bonchev–Trinajstić information content (AvgIpc) is 2.11. The van der Waals surface area contributed by atoms with Crippen molar-refractivity contribution in [3.05, 3.63) is 0 Å². The van der Waals surface area contributed by atoms with Gasteiger partial charge in [0, 0.05) is 33.9 Å². The Hall–Kier alpha value is -0.780. The van der Waals surface area contributed by atoms with Gasteiger partial charge in [-0.15, -0.1) is 0 Å². The number of hydrogen-bond acceptors (Lipinski definition) is 3. The SMILES string of the molecule is CCS(=O)(=O)CCN=C(N(C)C)N(C)C. The monoisotopic (exact) mass is 235 g/mol. The third kappa shape index (κ3) is 5.61. The van der Waals surface area contributed by atoms with Crippen molar-refractivity contribution in [3.63, 3.8) is 0 Å². The smallest absolute Gasteiger partial charge is 0.195 e. The van der Waals surface area contributed by atoms with E-state index in [4.69, 9.17) is 0 Å². The number of sulfone groups is 1. The molecule has 0 saturated carbocycles. The molecule has 0 radical (unpaired) electrons. The predicted molar refractivity (Wildman–Crippen MR) is 64.0 cm³/mol. The summed E-state index contributed by atoms with van der Waals surface area (Å²) in [6, 6.07) is 0. The Labute approximate surface area is 92.7 Å². The highest BCUT2D eigenvalue weighted by Crippen LogP contribution is 1.93. The zero-order valence-electron chi connectivity index (χ0n) is 10.2. The lowest BCUT2D eigenvalue weighted by molar-refractivity contribution is 0.480. The topological polar surface area (TPSA) is 53.0 Å². The van der Waals surface area contributed by atoms with Crippen LogP contribution >= 0.6 is 0 Å². The lowest BCUT2D eigenvalue weighted by atomic mass is 10.7. The normalized spacial score (nSPS) is 11.0. The lowest BCUT2D eigenvalue weighted by Gasteiger charge is -2.22. The number of rotatable bonds is 4. The summed E-state index contributed by atoms with van der Waals surface area (Å²) in [5, 5.41) is 0. The number of hydrogen-bond donors (Lipinski definition) is 0. The highest BCUT2D eigenvalue weighted by atomic mass is 32.2. The third-order valence-electron chi connectivity index (χ3n) is 1.90. The third-order valence-corrected chi connectivity index (χ3v) is 3.58. The molecule has 0 aliphatic rings. The molecule has 0 aromatic carbocycles. The summed E-state index contributed by atoms with van der Waals surface area (Å²) in [5.41, 5.74) is 0. The maximum Gasteiger partial charge on any atom is 0.195 e. The second kappa shape index (κ2) is 5.95. The summed E-state index contributed by atoms with van der Waals surface area (Å²) in [4.78, 5) is 7.96. The zero-order chi connectivity index (χ0) is 12.1. The summed E-state index contributed by atoms with van der Waals surface area (Å²) in [5.74, 6) is 1.08. The molecule has 15 heavy (non-hydrogen) atoms. The van der Waals surface area contributed by atoms with Crippen LogP contribution in [0.15, 0.2) is 4.99 Å². The van der Waals surface area contributed by atoms with Crippen LogP contribution in [-0.4, -0.2) is 70.4 Å². The summed E-state index contributed by atoms with van der Waals surface area (Å²) >= 11 is 0. The summed E-state index contributed by atoms with van der Waals surface area (Å²) in [7, 11) is 4.62. The van der Waals surface area contributed by atoms with Crippen LogP contribution in [0.1, 0.15) is 6.92 Å². The lowest BCUT2D eigenvalue weighted by Crippen LogP contribution is -2.35. The van der Waals surface area contributed by atoms with Crippen molar-refractivity contribution >= 4 is 15.8 Å². The first-order valence-corrected chi connectivity index (χ1v) is 6.72. The fraction of sp³-hybridized carbons (Fsp3) is 0.889. The van der Waals surface area contributed by atoms with Gasteiger partial charge in [-0.1, -0.05) is 6.92 Å². The van der Waals surface area contributed by atoms with Gasteiger partial charge in [0.15, 0.2) is 15.8 Å². The summed E-state index contributed by atoms with van der Waals surface area (Å²) in [6.45, 7) is 1.97. The van der Waals surface area contributed by atoms with Gasteiger partial charge >= 0.3 is 0 Å². The molecule has 0 spiro atoms. The van der Waals surface area contributed by atoms with Gasteiger partial charge in [-0.25, -0.2) is 8.42 Å². The molecular weight excluding hydrogens is 214 g/mol. The standard InChI is InChI=1S/C9H21N3O2S/c1-6-15(13,14)8-7-10-9(11(2)3)12(4)5/h6-8H2,1-5H3. The van der Waals surface area contributed by atoms with Gasteiger partial charge in [0.05, 0.1) is 12.3 Å². The van der Waals surface area contributed by atoms with Gasteiger partial charge in [-0.2, -0.15) is 0 Å². The first-order chi connectivity index (χ1) is 6.80. The van der Waals surface area contributed by atoms with Crippen molar-refractivity contribution in [2.45, 2.75) is 6.92 Å². The Morgan fingerprint density at radius 3 is 1.93 bits per heavy atom. The van der Waals surface area contributed by atoms with Gasteiger partial charge in [0.25, 0.3) is 0 Å². The van der Waals surface area contributed by atoms with Crippen LogP contribution in [0.3, 0.4) is 0 Å². The van der Waals surface area contributed by atoms with Gasteiger partial charge in [-0.05, 0) is 0 Å². The van der Waals surface area contributed by atoms with Crippen LogP contribution in [-0.2, 0) is 9.84 Å². The Bertz CT molecular complexity index is 297. The van der Waals surface area contributed by atoms with E-state index in [-0.39, 0.29) is 11.5 Å². The molecule has 0 rings (SSSR count). The Kier molecular flexibility index (Phi) is 5.64. The van der Waals surface area contributed by atoms with Crippen molar-refractivity contribution in [1.82, 2.24) is 9.80 Å². The Morgan fingerprint density at radius 2 is 1.60 bits per heavy atom. The minimum absolute atomic E-state index is 0.120. The van der Waals surface area contributed by atoms with E-state index >= 15 is 0 Å². The van der Waals surface area contributed by atoms with Crippen molar-refractivity contribution in [2.24, 2.45) is 4.99 Å². The quantitative estimate of drug-likeness (QED) is 0.504. The van der Waals surface area contributed by atoms with Crippen molar-refractivity contribution in [2.75, 3.05) is 46.2 Å². The molecule has 0 aromatic heterocycles. The van der Waals surface area contributed by atoms with Crippen LogP contribution in [0.2, 0.25) is 0 Å². The second-order valence-corrected chi connectivity index (χ2v) is 6.18. The van der Waals surface area contributed by atoms with Crippen molar-refractivity contribution in [3.8, 4) is 0 Å². The first-order valence-electron chi connectivity index (χ1n) is 4.89. The molecule has 0 N–H and O–H groups in total. The van der Waals surface area contributed by atoms with E-state index in [0.29, 0.717) is 6.54 Å². The minimum Gasteiger partial charge on any atom is -0.349 e. The van der Waals surface area contributed by atoms with Gasteiger partial charge in [0.1, 0.15) is 0 Å². The van der Waals surface area contributed by atoms with Gasteiger partial charge in [-0.3, -0.25) is 4.99 Å². The molecule has 0 atom stereocenters. The largest absolute Gasteiger partial charge is 0.349 e. The molecule has 0 amide bonds. The molecular formula is C9H21N3O2S. The highest BCUT2D eigenvalue weighted by molar-refractivity contribution is 7.91. The molecule has 0 unspecified atom stereocenters. The minimum atomic E-state index is -2.91. The molecule has 6 heteroatoms. The zero-order valence-corrected chi connectivity index (χ0v) is 11.0. The highest BCUT2D eigenvalue weighted by Gasteiger charge is 2.08. The Morgan fingerprint density at radius 1 is 1.13 bits per heavy atom. The Balaban J connectivity index is 4.37. The molecule has 5 nitrogen and oxygen atoms in total. The first kappa shape index (κ1) is 14.2. The number of nitrogens with zero attached hydrogens (tertiary/aromatic N) is 3. The van der Waals surface area contributed by atoms with E-state index in [2.05, 4.69) is 4.99 Å². The van der Waals surface area contributed by atoms with Crippen molar-refractivity contribution in [1.29, 1.82) is 0 Å². The maximum absolute atomic E-state index is 11.2. The number of aliphatic imine (C=N–C) groups is 1. The predicted octanol–water partition coefficient (Wildman–Crippen LogP) is -0.0997. The van der Waals surface area contributed by atoms with E-state index in [1.807, 2.05) is 38.0 Å². The average molecular weight is 235 g/mol. The second-order valence-electron chi connectivity index (χ2n) is 3.71. The van der Waals surface area contributed by atoms with Gasteiger partial charge < -0.3 is 9.80 Å². The fourth-order valence-corrected chi connectivity index (χ4v) is 1.77. The van der Waals surface area contributed by atoms with Crippen LogP contribution in [0, 0.1) is 0 Å². The van der Waals surface area contributed by atoms with Crippen molar-refractivity contribution < 1.29 is 8.42 Å². The van der Waals surface area contributed by atoms with Crippen LogP contribution in [0.25, 0.3) is 0 Å². The molecule has 0 aliphatic heterocycles. The maximum atomic E-state index is 11.2. The number of guanidine groups is 1. The fourth-order valence-electron chi connectivity index (χ4n) is 1.11. The van der Waals surface area contributed by atoms with Gasteiger partial charge in [0.2, 0.25) is 0 Å². The van der Waals surface area contributed by atoms with Crippen LogP contribution in [0.5, 0.6) is 0 Å². The molecule has 0 bridgehead atoms. The molecule has 0 aliphatic carbocycles. The molecule has 0 heterocycles. The summed E-state index contributed by atoms with van der Waals surface area (Å²) in [6.07, 6.45) is 0. The van der Waals surface area contributed by atoms with E-state index in [1.165, 1.54) is 0 Å². The molecule has 90 valence electrons. The van der Waals surface area contributed by atoms with E-state index in [0.717, 1.165) is 5.96 Å². The van der Waals surface area contributed by atoms with Crippen LogP contribution < -0.4 is 0 Å². The summed E-state index contributed by atoms with van der Waals surface area (Å²) < 4.78 is 22.4. The molecule has 0 fully saturated rings. The van der Waals surface area contributed by atoms with E-state index < -0.39 is 9.84 Å². The molecule has 0 saturated heterocycles. The molecule has 0 aromatic rings. The van der Waals surface area contributed by atoms with E-state index in [1.54, 1.807) is 6.92 Å². The van der Waals surface area contributed by atoms with Crippen LogP contribution in [0.4, 0.5) is 0 Å². The van der Waals surface area contributed by atoms with E-state index in [9.17, 15) is 8.42 Å².